The van der Waals surface area contributed by atoms with E-state index in [0.717, 1.165) is 24.5 Å². The first-order valence-electron chi connectivity index (χ1n) is 11.2. The Kier molecular flexibility index (Phi) is 8.84. The fraction of sp³-hybridized carbons (Fsp3) is 0.462. The van der Waals surface area contributed by atoms with Gasteiger partial charge in [0.15, 0.2) is 11.4 Å². The van der Waals surface area contributed by atoms with Gasteiger partial charge in [-0.1, -0.05) is 37.1 Å². The van der Waals surface area contributed by atoms with Crippen molar-refractivity contribution in [3.63, 3.8) is 0 Å². The lowest BCUT2D eigenvalue weighted by Crippen LogP contribution is -2.10. The molecule has 0 amide bonds. The largest absolute Gasteiger partial charge is 0.507 e. The van der Waals surface area contributed by atoms with Crippen LogP contribution in [0.3, 0.4) is 0 Å². The number of rotatable bonds is 10. The zero-order chi connectivity index (χ0) is 24.0. The SMILES string of the molecule is CCCC(=O)c1c(O)c(C/C=C(\C)CCC=C(C)C)c(O)c2c([C@@H](O)CC)cc(=O)oc12. The molecule has 0 fully saturated rings. The number of Topliss-reactive ketones (excluding diaryl/α,β-unsaturated/α-hetero) is 1. The van der Waals surface area contributed by atoms with E-state index in [2.05, 4.69) is 6.08 Å². The van der Waals surface area contributed by atoms with E-state index in [1.165, 1.54) is 5.57 Å². The number of ketones is 1. The molecule has 0 aliphatic heterocycles. The number of benzene rings is 1. The zero-order valence-electron chi connectivity index (χ0n) is 19.6. The summed E-state index contributed by atoms with van der Waals surface area (Å²) in [4.78, 5) is 25.0. The molecule has 1 aromatic heterocycles. The van der Waals surface area contributed by atoms with Gasteiger partial charge in [-0.2, -0.15) is 0 Å². The van der Waals surface area contributed by atoms with Gasteiger partial charge in [-0.3, -0.25) is 4.79 Å². The number of fused-ring (bicyclic) bond motifs is 1. The minimum Gasteiger partial charge on any atom is -0.507 e. The second-order valence-electron chi connectivity index (χ2n) is 8.45. The van der Waals surface area contributed by atoms with Crippen molar-refractivity contribution in [3.05, 3.63) is 56.5 Å². The van der Waals surface area contributed by atoms with E-state index in [9.17, 15) is 24.9 Å². The molecule has 1 heterocycles. The fourth-order valence-corrected chi connectivity index (χ4v) is 3.71. The van der Waals surface area contributed by atoms with E-state index in [-0.39, 0.29) is 57.8 Å². The van der Waals surface area contributed by atoms with Crippen LogP contribution in [0.4, 0.5) is 0 Å². The molecule has 174 valence electrons. The van der Waals surface area contributed by atoms with Crippen molar-refractivity contribution in [2.75, 3.05) is 0 Å². The van der Waals surface area contributed by atoms with Gasteiger partial charge in [0.1, 0.15) is 17.1 Å². The second-order valence-corrected chi connectivity index (χ2v) is 8.45. The minimum absolute atomic E-state index is 0.0989. The summed E-state index contributed by atoms with van der Waals surface area (Å²) < 4.78 is 5.28. The van der Waals surface area contributed by atoms with Crippen LogP contribution in [-0.4, -0.2) is 21.1 Å². The Morgan fingerprint density at radius 3 is 2.38 bits per heavy atom. The van der Waals surface area contributed by atoms with Crippen molar-refractivity contribution in [2.45, 2.75) is 79.2 Å². The van der Waals surface area contributed by atoms with Crippen LogP contribution >= 0.6 is 0 Å². The van der Waals surface area contributed by atoms with Gasteiger partial charge in [0, 0.05) is 23.6 Å². The molecule has 32 heavy (non-hydrogen) atoms. The lowest BCUT2D eigenvalue weighted by molar-refractivity contribution is 0.0979. The van der Waals surface area contributed by atoms with Gasteiger partial charge in [-0.05, 0) is 52.9 Å². The van der Waals surface area contributed by atoms with E-state index >= 15 is 0 Å². The predicted molar refractivity (Wildman–Crippen MR) is 126 cm³/mol. The summed E-state index contributed by atoms with van der Waals surface area (Å²) in [7, 11) is 0. The normalized spacial score (nSPS) is 12.8. The van der Waals surface area contributed by atoms with Gasteiger partial charge in [0.2, 0.25) is 0 Å². The number of allylic oxidation sites excluding steroid dienone is 4. The van der Waals surface area contributed by atoms with Crippen molar-refractivity contribution in [1.29, 1.82) is 0 Å². The molecule has 0 saturated heterocycles. The van der Waals surface area contributed by atoms with E-state index in [0.29, 0.717) is 12.8 Å². The molecule has 0 bridgehead atoms. The van der Waals surface area contributed by atoms with E-state index < -0.39 is 11.7 Å². The summed E-state index contributed by atoms with van der Waals surface area (Å²) in [5.41, 5.74) is 1.63. The molecule has 0 saturated carbocycles. The van der Waals surface area contributed by atoms with Crippen LogP contribution in [0.15, 0.2) is 38.6 Å². The Morgan fingerprint density at radius 1 is 1.09 bits per heavy atom. The second kappa shape index (κ2) is 11.1. The lowest BCUT2D eigenvalue weighted by atomic mass is 9.92. The summed E-state index contributed by atoms with van der Waals surface area (Å²) in [5.74, 6) is -1.05. The zero-order valence-corrected chi connectivity index (χ0v) is 19.6. The van der Waals surface area contributed by atoms with Gasteiger partial charge in [0.25, 0.3) is 0 Å². The monoisotopic (exact) mass is 442 g/mol. The molecule has 3 N–H and O–H groups in total. The summed E-state index contributed by atoms with van der Waals surface area (Å²) in [6.45, 7) is 9.63. The molecule has 0 radical (unpaired) electrons. The summed E-state index contributed by atoms with van der Waals surface area (Å²) in [6.07, 6.45) is 5.93. The highest BCUT2D eigenvalue weighted by Gasteiger charge is 2.28. The third-order valence-corrected chi connectivity index (χ3v) is 5.51. The van der Waals surface area contributed by atoms with E-state index in [4.69, 9.17) is 4.42 Å². The number of phenols is 2. The maximum atomic E-state index is 12.9. The molecule has 0 spiro atoms. The molecule has 1 atom stereocenters. The van der Waals surface area contributed by atoms with Crippen LogP contribution in [-0.2, 0) is 6.42 Å². The minimum atomic E-state index is -1.03. The van der Waals surface area contributed by atoms with Crippen LogP contribution in [0.5, 0.6) is 11.5 Å². The van der Waals surface area contributed by atoms with Crippen molar-refractivity contribution in [2.24, 2.45) is 0 Å². The summed E-state index contributed by atoms with van der Waals surface area (Å²) >= 11 is 0. The number of hydrogen-bond donors (Lipinski definition) is 3. The first kappa shape index (κ1) is 25.4. The first-order chi connectivity index (χ1) is 15.1. The highest BCUT2D eigenvalue weighted by atomic mass is 16.4. The fourth-order valence-electron chi connectivity index (χ4n) is 3.71. The Labute approximate surface area is 188 Å². The Morgan fingerprint density at radius 2 is 1.78 bits per heavy atom. The number of aromatic hydroxyl groups is 2. The highest BCUT2D eigenvalue weighted by Crippen LogP contribution is 2.43. The summed E-state index contributed by atoms with van der Waals surface area (Å²) in [5, 5.41) is 32.6. The number of aliphatic hydroxyl groups is 1. The van der Waals surface area contributed by atoms with Gasteiger partial charge in [-0.15, -0.1) is 0 Å². The predicted octanol–water partition coefficient (Wildman–Crippen LogP) is 5.87. The van der Waals surface area contributed by atoms with E-state index in [1.807, 2.05) is 33.8 Å². The van der Waals surface area contributed by atoms with Gasteiger partial charge in [-0.25, -0.2) is 4.79 Å². The van der Waals surface area contributed by atoms with Crippen molar-refractivity contribution < 1.29 is 24.5 Å². The number of aliphatic hydroxyl groups excluding tert-OH is 1. The molecule has 0 unspecified atom stereocenters. The molecule has 6 nitrogen and oxygen atoms in total. The maximum Gasteiger partial charge on any atom is 0.336 e. The molecule has 0 aliphatic carbocycles. The highest BCUT2D eigenvalue weighted by molar-refractivity contribution is 6.11. The Balaban J connectivity index is 2.73. The third-order valence-electron chi connectivity index (χ3n) is 5.51. The third kappa shape index (κ3) is 5.68. The number of carbonyl (C=O) groups excluding carboxylic acids is 1. The lowest BCUT2D eigenvalue weighted by Gasteiger charge is -2.18. The molecule has 0 aliphatic rings. The van der Waals surface area contributed by atoms with E-state index in [1.54, 1.807) is 6.92 Å². The summed E-state index contributed by atoms with van der Waals surface area (Å²) in [6, 6.07) is 1.13. The molecular formula is C26H34O6. The van der Waals surface area contributed by atoms with Crippen LogP contribution in [0.1, 0.15) is 94.3 Å². The van der Waals surface area contributed by atoms with Gasteiger partial charge in [0.05, 0.1) is 11.5 Å². The van der Waals surface area contributed by atoms with Crippen molar-refractivity contribution in [1.82, 2.24) is 0 Å². The Hall–Kier alpha value is -2.86. The molecule has 2 rings (SSSR count). The van der Waals surface area contributed by atoms with Crippen LogP contribution in [0, 0.1) is 0 Å². The first-order valence-corrected chi connectivity index (χ1v) is 11.2. The van der Waals surface area contributed by atoms with Crippen LogP contribution < -0.4 is 5.63 Å². The van der Waals surface area contributed by atoms with Crippen molar-refractivity contribution in [3.8, 4) is 11.5 Å². The molecule has 6 heteroatoms. The van der Waals surface area contributed by atoms with Crippen LogP contribution in [0.25, 0.3) is 11.0 Å². The average Bonchev–Trinajstić information content (AvgIpc) is 2.72. The maximum absolute atomic E-state index is 12.9. The average molecular weight is 443 g/mol. The van der Waals surface area contributed by atoms with Gasteiger partial charge < -0.3 is 19.7 Å². The van der Waals surface area contributed by atoms with Gasteiger partial charge >= 0.3 is 5.63 Å². The quantitative estimate of drug-likeness (QED) is 0.241. The van der Waals surface area contributed by atoms with Crippen LogP contribution in [0.2, 0.25) is 0 Å². The topological polar surface area (TPSA) is 108 Å². The number of hydrogen-bond acceptors (Lipinski definition) is 6. The standard InChI is InChI=1S/C26H34O6/c1-6-9-20(28)23-25(31)17(13-12-16(5)11-8-10-15(3)4)24(30)22-18(19(27)7-2)14-21(29)32-26(22)23/h10,12,14,19,27,30-31H,6-9,11,13H2,1-5H3/b16-12+/t19-/m0/s1. The Bertz CT molecular complexity index is 1100. The smallest absolute Gasteiger partial charge is 0.336 e. The number of carbonyl (C=O) groups is 1. The molecule has 2 aromatic rings. The molecular weight excluding hydrogens is 408 g/mol. The van der Waals surface area contributed by atoms with Crippen molar-refractivity contribution >= 4 is 16.8 Å². The molecule has 1 aromatic carbocycles. The number of phenolic OH excluding ortho intramolecular Hbond substituents is 2.